The van der Waals surface area contributed by atoms with Crippen LogP contribution in [0, 0.1) is 5.82 Å². The van der Waals surface area contributed by atoms with E-state index in [1.165, 1.54) is 12.1 Å². The van der Waals surface area contributed by atoms with E-state index in [-0.39, 0.29) is 11.6 Å². The second kappa shape index (κ2) is 6.93. The fourth-order valence-electron chi connectivity index (χ4n) is 5.06. The Morgan fingerprint density at radius 3 is 2.35 bits per heavy atom. The lowest BCUT2D eigenvalue weighted by atomic mass is 9.90. The van der Waals surface area contributed by atoms with Crippen molar-refractivity contribution in [2.75, 3.05) is 0 Å². The number of nitrogens with one attached hydrogen (secondary N) is 1. The Morgan fingerprint density at radius 1 is 0.735 bits per heavy atom. The van der Waals surface area contributed by atoms with E-state index in [1.54, 1.807) is 18.3 Å². The highest BCUT2D eigenvalue weighted by Crippen LogP contribution is 2.47. The van der Waals surface area contributed by atoms with Crippen LogP contribution in [0.2, 0.25) is 0 Å². The first-order valence-electron chi connectivity index (χ1n) is 11.0. The number of H-pyrrole nitrogens is 1. The summed E-state index contributed by atoms with van der Waals surface area (Å²) in [6.45, 7) is 0. The number of aromatic nitrogens is 3. The van der Waals surface area contributed by atoms with Gasteiger partial charge in [-0.15, -0.1) is 0 Å². The molecule has 0 aliphatic heterocycles. The van der Waals surface area contributed by atoms with Gasteiger partial charge >= 0.3 is 0 Å². The highest BCUT2D eigenvalue weighted by molar-refractivity contribution is 6.29. The molecule has 7 rings (SSSR count). The average Bonchev–Trinajstić information content (AvgIpc) is 3.47. The maximum absolute atomic E-state index is 13.8. The minimum absolute atomic E-state index is 0.0470. The Kier molecular flexibility index (Phi) is 3.85. The number of nitrogens with zero attached hydrogens (tertiary/aromatic N) is 2. The molecule has 6 aromatic rings. The van der Waals surface area contributed by atoms with Gasteiger partial charge in [-0.1, -0.05) is 54.6 Å². The van der Waals surface area contributed by atoms with Gasteiger partial charge < -0.3 is 0 Å². The van der Waals surface area contributed by atoms with Crippen molar-refractivity contribution in [2.45, 2.75) is 0 Å². The Morgan fingerprint density at radius 2 is 1.50 bits per heavy atom. The van der Waals surface area contributed by atoms with Gasteiger partial charge in [0.1, 0.15) is 5.82 Å². The number of benzene rings is 4. The van der Waals surface area contributed by atoms with Gasteiger partial charge in [-0.25, -0.2) is 9.37 Å². The van der Waals surface area contributed by atoms with E-state index in [1.807, 2.05) is 42.5 Å². The molecule has 0 saturated carbocycles. The van der Waals surface area contributed by atoms with Crippen LogP contribution in [0.15, 0.2) is 91.1 Å². The summed E-state index contributed by atoms with van der Waals surface area (Å²) in [7, 11) is 0. The Balaban J connectivity index is 1.66. The van der Waals surface area contributed by atoms with Crippen LogP contribution in [-0.4, -0.2) is 21.0 Å². The van der Waals surface area contributed by atoms with Gasteiger partial charge in [0, 0.05) is 33.2 Å². The number of carbonyl (C=O) groups is 1. The van der Waals surface area contributed by atoms with Crippen molar-refractivity contribution in [3.63, 3.8) is 0 Å². The molecule has 160 valence electrons. The lowest BCUT2D eigenvalue weighted by Gasteiger charge is -2.15. The molecule has 0 amide bonds. The average molecular weight is 441 g/mol. The van der Waals surface area contributed by atoms with Crippen molar-refractivity contribution in [3.8, 4) is 33.6 Å². The SMILES string of the molecule is O=C1c2ccccc2-c2nc3ccc4ccccc4c3c(-c3cn[nH]c3-c3ccc(F)cc3)c21. The lowest BCUT2D eigenvalue weighted by Crippen LogP contribution is -2.01. The number of fused-ring (bicyclic) bond motifs is 6. The van der Waals surface area contributed by atoms with E-state index < -0.39 is 0 Å². The zero-order valence-electron chi connectivity index (χ0n) is 17.8. The molecular weight excluding hydrogens is 425 g/mol. The van der Waals surface area contributed by atoms with Gasteiger partial charge in [0.2, 0.25) is 0 Å². The normalized spacial score (nSPS) is 12.3. The van der Waals surface area contributed by atoms with Crippen LogP contribution >= 0.6 is 0 Å². The van der Waals surface area contributed by atoms with Crippen LogP contribution in [0.25, 0.3) is 55.3 Å². The van der Waals surface area contributed by atoms with E-state index >= 15 is 0 Å². The highest BCUT2D eigenvalue weighted by Gasteiger charge is 2.33. The first-order valence-corrected chi connectivity index (χ1v) is 11.0. The fourth-order valence-corrected chi connectivity index (χ4v) is 5.06. The number of carbonyl (C=O) groups excluding carboxylic acids is 1. The standard InChI is InChI=1S/C29H16FN3O/c30-18-12-9-17(10-13-18)27-22(15-31-33-27)25-24-19-6-2-1-5-16(19)11-14-23(24)32-28-20-7-3-4-8-21(20)29(34)26(25)28/h1-15H,(H,31,33). The molecule has 1 aliphatic rings. The third-order valence-corrected chi connectivity index (χ3v) is 6.57. The number of hydrogen-bond acceptors (Lipinski definition) is 3. The summed E-state index contributed by atoms with van der Waals surface area (Å²) in [5.74, 6) is -0.356. The van der Waals surface area contributed by atoms with Crippen molar-refractivity contribution in [3.05, 3.63) is 108 Å². The molecule has 0 radical (unpaired) electrons. The summed E-state index contributed by atoms with van der Waals surface area (Å²) in [6, 6.07) is 26.0. The van der Waals surface area contributed by atoms with Crippen molar-refractivity contribution < 1.29 is 9.18 Å². The Bertz CT molecular complexity index is 1780. The molecule has 2 aromatic heterocycles. The topological polar surface area (TPSA) is 58.6 Å². The van der Waals surface area contributed by atoms with Crippen molar-refractivity contribution in [1.82, 2.24) is 15.2 Å². The molecule has 0 fully saturated rings. The van der Waals surface area contributed by atoms with Crippen LogP contribution in [-0.2, 0) is 0 Å². The molecule has 0 saturated heterocycles. The number of ketones is 1. The Hall–Kier alpha value is -4.64. The fraction of sp³-hybridized carbons (Fsp3) is 0. The third kappa shape index (κ3) is 2.55. The quantitative estimate of drug-likeness (QED) is 0.300. The zero-order chi connectivity index (χ0) is 22.8. The van der Waals surface area contributed by atoms with Crippen LogP contribution in [0.3, 0.4) is 0 Å². The molecule has 4 aromatic carbocycles. The van der Waals surface area contributed by atoms with E-state index in [9.17, 15) is 9.18 Å². The maximum Gasteiger partial charge on any atom is 0.196 e. The van der Waals surface area contributed by atoms with Crippen LogP contribution in [0.1, 0.15) is 15.9 Å². The molecule has 1 N–H and O–H groups in total. The lowest BCUT2D eigenvalue weighted by molar-refractivity contribution is 0.104. The molecule has 0 bridgehead atoms. The van der Waals surface area contributed by atoms with Crippen LogP contribution < -0.4 is 0 Å². The van der Waals surface area contributed by atoms with Crippen molar-refractivity contribution in [1.29, 1.82) is 0 Å². The number of hydrogen-bond donors (Lipinski definition) is 1. The zero-order valence-corrected chi connectivity index (χ0v) is 17.8. The summed E-state index contributed by atoms with van der Waals surface area (Å²) < 4.78 is 13.6. The smallest absolute Gasteiger partial charge is 0.196 e. The highest BCUT2D eigenvalue weighted by atomic mass is 19.1. The number of halogens is 1. The predicted molar refractivity (Wildman–Crippen MR) is 131 cm³/mol. The molecular formula is C29H16FN3O. The molecule has 5 heteroatoms. The number of pyridine rings is 1. The van der Waals surface area contributed by atoms with Gasteiger partial charge in [0.15, 0.2) is 5.78 Å². The second-order valence-electron chi connectivity index (χ2n) is 8.43. The Labute approximate surface area is 193 Å². The summed E-state index contributed by atoms with van der Waals surface area (Å²) in [5, 5.41) is 10.4. The van der Waals surface area contributed by atoms with Crippen LogP contribution in [0.4, 0.5) is 4.39 Å². The van der Waals surface area contributed by atoms with E-state index in [2.05, 4.69) is 28.4 Å². The van der Waals surface area contributed by atoms with Gasteiger partial charge in [0.05, 0.1) is 28.7 Å². The third-order valence-electron chi connectivity index (χ3n) is 6.57. The van der Waals surface area contributed by atoms with Crippen molar-refractivity contribution in [2.24, 2.45) is 0 Å². The molecule has 0 unspecified atom stereocenters. The minimum atomic E-state index is -0.309. The summed E-state index contributed by atoms with van der Waals surface area (Å²) in [4.78, 5) is 18.7. The minimum Gasteiger partial charge on any atom is -0.288 e. The maximum atomic E-state index is 13.8. The molecule has 0 atom stereocenters. The van der Waals surface area contributed by atoms with Gasteiger partial charge in [-0.05, 0) is 41.1 Å². The largest absolute Gasteiger partial charge is 0.288 e. The molecule has 0 spiro atoms. The monoisotopic (exact) mass is 441 g/mol. The van der Waals surface area contributed by atoms with Gasteiger partial charge in [-0.3, -0.25) is 9.89 Å². The number of rotatable bonds is 2. The first kappa shape index (κ1) is 18.9. The molecule has 4 nitrogen and oxygen atoms in total. The molecule has 1 aliphatic carbocycles. The number of aromatic amines is 1. The first-order chi connectivity index (χ1) is 16.7. The summed E-state index contributed by atoms with van der Waals surface area (Å²) >= 11 is 0. The van der Waals surface area contributed by atoms with Gasteiger partial charge in [0.25, 0.3) is 0 Å². The summed E-state index contributed by atoms with van der Waals surface area (Å²) in [6.07, 6.45) is 1.74. The van der Waals surface area contributed by atoms with Crippen molar-refractivity contribution >= 4 is 27.5 Å². The second-order valence-corrected chi connectivity index (χ2v) is 8.43. The van der Waals surface area contributed by atoms with Gasteiger partial charge in [-0.2, -0.15) is 5.10 Å². The van der Waals surface area contributed by atoms with Crippen LogP contribution in [0.5, 0.6) is 0 Å². The van der Waals surface area contributed by atoms with E-state index in [0.717, 1.165) is 49.6 Å². The van der Waals surface area contributed by atoms with E-state index in [4.69, 9.17) is 4.98 Å². The molecule has 2 heterocycles. The predicted octanol–water partition coefficient (Wildman–Crippen LogP) is 6.80. The van der Waals surface area contributed by atoms with E-state index in [0.29, 0.717) is 16.8 Å². The molecule has 34 heavy (non-hydrogen) atoms. The summed E-state index contributed by atoms with van der Waals surface area (Å²) in [5.41, 5.74) is 6.66.